The first-order chi connectivity index (χ1) is 15.8. The fourth-order valence-corrected chi connectivity index (χ4v) is 5.80. The van der Waals surface area contributed by atoms with Gasteiger partial charge >= 0.3 is 0 Å². The molecule has 33 heavy (non-hydrogen) atoms. The number of nitriles is 1. The number of nitrogens with zero attached hydrogens (tertiary/aromatic N) is 4. The maximum atomic E-state index is 13.0. The second kappa shape index (κ2) is 9.51. The number of hydrogen-bond acceptors (Lipinski definition) is 5. The standard InChI is InChI=1S/C23H23ClN4O4S/c24-21-4-2-1-3-18(21)15-27-16-19(13-22(27)29)23(30)26-9-11-28(12-10-26)33(31,32)20-7-5-17(14-25)6-8-20/h1-8,19H,9-13,15-16H2/t19-/m0/s1. The van der Waals surface area contributed by atoms with Crippen molar-refractivity contribution < 1.29 is 18.0 Å². The van der Waals surface area contributed by atoms with Gasteiger partial charge < -0.3 is 9.80 Å². The van der Waals surface area contributed by atoms with Crippen molar-refractivity contribution in [3.05, 3.63) is 64.7 Å². The van der Waals surface area contributed by atoms with E-state index < -0.39 is 15.9 Å². The van der Waals surface area contributed by atoms with Crippen molar-refractivity contribution in [3.63, 3.8) is 0 Å². The zero-order valence-corrected chi connectivity index (χ0v) is 19.4. The molecule has 0 unspecified atom stereocenters. The lowest BCUT2D eigenvalue weighted by molar-refractivity contribution is -0.137. The van der Waals surface area contributed by atoms with Gasteiger partial charge in [-0.2, -0.15) is 9.57 Å². The van der Waals surface area contributed by atoms with Crippen LogP contribution in [0.4, 0.5) is 0 Å². The van der Waals surface area contributed by atoms with Gasteiger partial charge in [-0.3, -0.25) is 9.59 Å². The van der Waals surface area contributed by atoms with Crippen LogP contribution in [0.3, 0.4) is 0 Å². The smallest absolute Gasteiger partial charge is 0.243 e. The van der Waals surface area contributed by atoms with E-state index in [0.717, 1.165) is 5.56 Å². The van der Waals surface area contributed by atoms with Gasteiger partial charge in [-0.05, 0) is 35.9 Å². The molecule has 0 N–H and O–H groups in total. The molecule has 1 atom stereocenters. The summed E-state index contributed by atoms with van der Waals surface area (Å²) < 4.78 is 27.1. The summed E-state index contributed by atoms with van der Waals surface area (Å²) in [6.07, 6.45) is 0.146. The van der Waals surface area contributed by atoms with E-state index >= 15 is 0 Å². The highest BCUT2D eigenvalue weighted by molar-refractivity contribution is 7.89. The second-order valence-electron chi connectivity index (χ2n) is 8.13. The van der Waals surface area contributed by atoms with Crippen molar-refractivity contribution in [3.8, 4) is 6.07 Å². The predicted molar refractivity (Wildman–Crippen MR) is 121 cm³/mol. The quantitative estimate of drug-likeness (QED) is 0.644. The van der Waals surface area contributed by atoms with E-state index in [0.29, 0.717) is 23.7 Å². The van der Waals surface area contributed by atoms with Gasteiger partial charge in [0.25, 0.3) is 0 Å². The molecule has 0 radical (unpaired) electrons. The Hall–Kier alpha value is -2.93. The minimum atomic E-state index is -3.70. The molecule has 2 amide bonds. The molecule has 2 fully saturated rings. The normalized spacial score (nSPS) is 19.5. The minimum absolute atomic E-state index is 0.0877. The van der Waals surface area contributed by atoms with Crippen LogP contribution >= 0.6 is 11.6 Å². The number of halogens is 1. The number of likely N-dealkylation sites (tertiary alicyclic amines) is 1. The van der Waals surface area contributed by atoms with Crippen molar-refractivity contribution in [2.45, 2.75) is 17.9 Å². The van der Waals surface area contributed by atoms with Crippen LogP contribution in [0.5, 0.6) is 0 Å². The Morgan fingerprint density at radius 3 is 2.36 bits per heavy atom. The highest BCUT2D eigenvalue weighted by Gasteiger charge is 2.38. The number of carbonyl (C=O) groups excluding carboxylic acids is 2. The van der Waals surface area contributed by atoms with Crippen LogP contribution in [0.25, 0.3) is 0 Å². The number of piperazine rings is 1. The van der Waals surface area contributed by atoms with E-state index in [2.05, 4.69) is 0 Å². The van der Waals surface area contributed by atoms with Crippen LogP contribution in [-0.2, 0) is 26.2 Å². The molecule has 2 aromatic carbocycles. The Morgan fingerprint density at radius 1 is 1.06 bits per heavy atom. The van der Waals surface area contributed by atoms with Crippen molar-refractivity contribution in [1.29, 1.82) is 5.26 Å². The predicted octanol–water partition coefficient (Wildman–Crippen LogP) is 2.09. The molecule has 0 aromatic heterocycles. The van der Waals surface area contributed by atoms with Crippen molar-refractivity contribution in [1.82, 2.24) is 14.1 Å². The Labute approximate surface area is 198 Å². The third-order valence-electron chi connectivity index (χ3n) is 6.05. The van der Waals surface area contributed by atoms with E-state index in [4.69, 9.17) is 16.9 Å². The molecule has 2 saturated heterocycles. The molecular formula is C23H23ClN4O4S. The van der Waals surface area contributed by atoms with E-state index in [1.165, 1.54) is 28.6 Å². The molecule has 8 nitrogen and oxygen atoms in total. The summed E-state index contributed by atoms with van der Waals surface area (Å²) in [6.45, 7) is 1.58. The van der Waals surface area contributed by atoms with Crippen LogP contribution in [0, 0.1) is 17.2 Å². The first kappa shape index (κ1) is 23.2. The molecule has 10 heteroatoms. The van der Waals surface area contributed by atoms with Gasteiger partial charge in [-0.25, -0.2) is 8.42 Å². The lowest BCUT2D eigenvalue weighted by Gasteiger charge is -2.35. The van der Waals surface area contributed by atoms with Gasteiger partial charge in [-0.15, -0.1) is 0 Å². The Bertz CT molecular complexity index is 1200. The zero-order chi connectivity index (χ0) is 23.6. The van der Waals surface area contributed by atoms with Gasteiger partial charge in [0.05, 0.1) is 22.4 Å². The number of amides is 2. The summed E-state index contributed by atoms with van der Waals surface area (Å²) in [5.74, 6) is -0.655. The van der Waals surface area contributed by atoms with Crippen LogP contribution in [-0.4, -0.2) is 67.1 Å². The molecule has 0 saturated carbocycles. The number of sulfonamides is 1. The molecule has 4 rings (SSSR count). The average molecular weight is 487 g/mol. The third-order valence-corrected chi connectivity index (χ3v) is 8.34. The lowest BCUT2D eigenvalue weighted by Crippen LogP contribution is -2.52. The van der Waals surface area contributed by atoms with Crippen molar-refractivity contribution >= 4 is 33.4 Å². The maximum Gasteiger partial charge on any atom is 0.243 e. The SMILES string of the molecule is N#Cc1ccc(S(=O)(=O)N2CCN(C(=O)[C@H]3CC(=O)N(Cc4ccccc4Cl)C3)CC2)cc1. The van der Waals surface area contributed by atoms with E-state index in [9.17, 15) is 18.0 Å². The summed E-state index contributed by atoms with van der Waals surface area (Å²) in [6, 6.07) is 15.1. The van der Waals surface area contributed by atoms with E-state index in [1.54, 1.807) is 15.9 Å². The minimum Gasteiger partial charge on any atom is -0.340 e. The summed E-state index contributed by atoms with van der Waals surface area (Å²) in [5, 5.41) is 9.48. The van der Waals surface area contributed by atoms with Crippen LogP contribution in [0.1, 0.15) is 17.5 Å². The molecule has 0 aliphatic carbocycles. The number of rotatable bonds is 5. The largest absolute Gasteiger partial charge is 0.340 e. The highest BCUT2D eigenvalue weighted by atomic mass is 35.5. The lowest BCUT2D eigenvalue weighted by atomic mass is 10.1. The van der Waals surface area contributed by atoms with Gasteiger partial charge in [0, 0.05) is 50.7 Å². The Morgan fingerprint density at radius 2 is 1.73 bits per heavy atom. The monoisotopic (exact) mass is 486 g/mol. The average Bonchev–Trinajstić information content (AvgIpc) is 3.20. The summed E-state index contributed by atoms with van der Waals surface area (Å²) >= 11 is 6.20. The molecule has 2 aliphatic rings. The van der Waals surface area contributed by atoms with Gasteiger partial charge in [0.15, 0.2) is 0 Å². The molecule has 0 spiro atoms. The molecule has 0 bridgehead atoms. The Balaban J connectivity index is 1.35. The Kier molecular flexibility index (Phi) is 6.70. The highest BCUT2D eigenvalue weighted by Crippen LogP contribution is 2.26. The third kappa shape index (κ3) is 4.88. The maximum absolute atomic E-state index is 13.0. The van der Waals surface area contributed by atoms with Crippen molar-refractivity contribution in [2.75, 3.05) is 32.7 Å². The van der Waals surface area contributed by atoms with E-state index in [1.807, 2.05) is 24.3 Å². The molecule has 2 aliphatic heterocycles. The number of carbonyl (C=O) groups is 2. The van der Waals surface area contributed by atoms with Gasteiger partial charge in [-0.1, -0.05) is 29.8 Å². The topological polar surface area (TPSA) is 102 Å². The van der Waals surface area contributed by atoms with Gasteiger partial charge in [0.2, 0.25) is 21.8 Å². The number of hydrogen-bond donors (Lipinski definition) is 0. The summed E-state index contributed by atoms with van der Waals surface area (Å²) in [5.41, 5.74) is 1.22. The molecule has 172 valence electrons. The van der Waals surface area contributed by atoms with Crippen LogP contribution in [0.15, 0.2) is 53.4 Å². The van der Waals surface area contributed by atoms with Crippen LogP contribution < -0.4 is 0 Å². The fourth-order valence-electron chi connectivity index (χ4n) is 4.18. The van der Waals surface area contributed by atoms with Gasteiger partial charge in [0.1, 0.15) is 0 Å². The summed E-state index contributed by atoms with van der Waals surface area (Å²) in [4.78, 5) is 28.9. The molecular weight excluding hydrogens is 464 g/mol. The van der Waals surface area contributed by atoms with Crippen molar-refractivity contribution in [2.24, 2.45) is 5.92 Å². The summed E-state index contributed by atoms with van der Waals surface area (Å²) in [7, 11) is -3.70. The fraction of sp³-hybridized carbons (Fsp3) is 0.348. The van der Waals surface area contributed by atoms with E-state index in [-0.39, 0.29) is 49.3 Å². The van der Waals surface area contributed by atoms with Crippen LogP contribution in [0.2, 0.25) is 5.02 Å². The molecule has 2 aromatic rings. The zero-order valence-electron chi connectivity index (χ0n) is 17.9. The first-order valence-electron chi connectivity index (χ1n) is 10.6. The second-order valence-corrected chi connectivity index (χ2v) is 10.5. The molecule has 2 heterocycles. The number of benzene rings is 2. The first-order valence-corrected chi connectivity index (χ1v) is 12.4.